The van der Waals surface area contributed by atoms with Crippen LogP contribution < -0.4 is 5.32 Å². The van der Waals surface area contributed by atoms with Crippen LogP contribution in [0.25, 0.3) is 0 Å². The molecule has 1 amide bonds. The smallest absolute Gasteiger partial charge is 0.412 e. The number of ether oxygens (including phenoxy) is 3. The van der Waals surface area contributed by atoms with Crippen molar-refractivity contribution >= 4 is 20.1 Å². The Morgan fingerprint density at radius 1 is 1.19 bits per heavy atom. The van der Waals surface area contributed by atoms with Crippen molar-refractivity contribution in [3.05, 3.63) is 35.9 Å². The second-order valence-electron chi connectivity index (χ2n) is 12.7. The number of benzene rings is 1. The summed E-state index contributed by atoms with van der Waals surface area (Å²) in [5, 5.41) is 13.8. The van der Waals surface area contributed by atoms with E-state index in [0.717, 1.165) is 11.6 Å². The predicted octanol–water partition coefficient (Wildman–Crippen LogP) is 3.94. The standard InChI is InChI=1S/C27H44N2O6Si/c1-25(2,3)35-23(31)27(17-20(30)18-28-27)22-21(16-19-12-10-9-11-13-19)29(26(4,5)34-22)24(32)33-14-15-36(6,7)8/h9-13,20-22,28,30H,14-18H2,1-8H3/t20-,21+,22-,27-/m1/s1. The second-order valence-corrected chi connectivity index (χ2v) is 18.4. The summed E-state index contributed by atoms with van der Waals surface area (Å²) in [6.45, 7) is 16.4. The normalized spacial score (nSPS) is 28.2. The van der Waals surface area contributed by atoms with Crippen LogP contribution in [0.2, 0.25) is 25.7 Å². The highest BCUT2D eigenvalue weighted by Gasteiger charge is 2.63. The van der Waals surface area contributed by atoms with Crippen LogP contribution in [0.1, 0.15) is 46.6 Å². The number of amides is 1. The molecule has 2 heterocycles. The lowest BCUT2D eigenvalue weighted by molar-refractivity contribution is -0.172. The Hall–Kier alpha value is -1.94. The fourth-order valence-corrected chi connectivity index (χ4v) is 5.72. The van der Waals surface area contributed by atoms with Crippen LogP contribution in [0.5, 0.6) is 0 Å². The third-order valence-corrected chi connectivity index (χ3v) is 8.40. The highest BCUT2D eigenvalue weighted by Crippen LogP contribution is 2.43. The summed E-state index contributed by atoms with van der Waals surface area (Å²) in [6.07, 6.45) is -1.37. The van der Waals surface area contributed by atoms with Gasteiger partial charge in [0.15, 0.2) is 0 Å². The molecule has 1 aromatic rings. The van der Waals surface area contributed by atoms with E-state index in [1.165, 1.54) is 0 Å². The van der Waals surface area contributed by atoms with E-state index in [-0.39, 0.29) is 13.0 Å². The Labute approximate surface area is 216 Å². The minimum atomic E-state index is -1.40. The van der Waals surface area contributed by atoms with E-state index in [0.29, 0.717) is 13.0 Å². The molecule has 202 valence electrons. The van der Waals surface area contributed by atoms with Crippen LogP contribution in [0.4, 0.5) is 4.79 Å². The van der Waals surface area contributed by atoms with E-state index in [9.17, 15) is 14.7 Å². The van der Waals surface area contributed by atoms with Gasteiger partial charge in [-0.2, -0.15) is 0 Å². The largest absolute Gasteiger partial charge is 0.459 e. The number of carbonyl (C=O) groups is 2. The molecule has 0 aromatic heterocycles. The van der Waals surface area contributed by atoms with Crippen molar-refractivity contribution < 1.29 is 28.9 Å². The Bertz CT molecular complexity index is 926. The van der Waals surface area contributed by atoms with Crippen LogP contribution in [0.15, 0.2) is 30.3 Å². The van der Waals surface area contributed by atoms with Gasteiger partial charge in [0.05, 0.1) is 18.8 Å². The fraction of sp³-hybridized carbons (Fsp3) is 0.704. The average Bonchev–Trinajstić information content (AvgIpc) is 3.24. The van der Waals surface area contributed by atoms with Gasteiger partial charge in [-0.05, 0) is 52.6 Å². The molecule has 0 saturated carbocycles. The van der Waals surface area contributed by atoms with Crippen molar-refractivity contribution in [3.63, 3.8) is 0 Å². The van der Waals surface area contributed by atoms with Gasteiger partial charge in [0.2, 0.25) is 0 Å². The molecule has 2 aliphatic rings. The number of rotatable bonds is 7. The summed E-state index contributed by atoms with van der Waals surface area (Å²) in [5.41, 5.74) is -2.06. The lowest BCUT2D eigenvalue weighted by Crippen LogP contribution is -2.63. The molecule has 3 rings (SSSR count). The van der Waals surface area contributed by atoms with E-state index in [1.807, 2.05) is 65.0 Å². The maximum atomic E-state index is 13.7. The number of nitrogens with one attached hydrogen (secondary N) is 1. The molecule has 2 N–H and O–H groups in total. The molecule has 4 atom stereocenters. The summed E-state index contributed by atoms with van der Waals surface area (Å²) < 4.78 is 18.1. The number of hydrogen-bond donors (Lipinski definition) is 2. The fourth-order valence-electron chi connectivity index (χ4n) is 5.01. The first-order valence-electron chi connectivity index (χ1n) is 12.9. The number of carbonyl (C=O) groups excluding carboxylic acids is 2. The summed E-state index contributed by atoms with van der Waals surface area (Å²) in [7, 11) is -1.40. The van der Waals surface area contributed by atoms with Gasteiger partial charge in [-0.25, -0.2) is 9.59 Å². The first kappa shape index (κ1) is 28.6. The van der Waals surface area contributed by atoms with Crippen LogP contribution in [-0.4, -0.2) is 78.4 Å². The van der Waals surface area contributed by atoms with Gasteiger partial charge in [-0.15, -0.1) is 0 Å². The minimum absolute atomic E-state index is 0.131. The Morgan fingerprint density at radius 3 is 2.36 bits per heavy atom. The number of aliphatic hydroxyl groups excluding tert-OH is 1. The molecule has 2 saturated heterocycles. The molecule has 0 spiro atoms. The minimum Gasteiger partial charge on any atom is -0.459 e. The number of hydrogen-bond acceptors (Lipinski definition) is 7. The summed E-state index contributed by atoms with van der Waals surface area (Å²) >= 11 is 0. The molecule has 0 bridgehead atoms. The zero-order chi connectivity index (χ0) is 26.9. The topological polar surface area (TPSA) is 97.3 Å². The van der Waals surface area contributed by atoms with E-state index in [4.69, 9.17) is 14.2 Å². The van der Waals surface area contributed by atoms with Crippen molar-refractivity contribution in [1.29, 1.82) is 0 Å². The number of aliphatic hydroxyl groups is 1. The molecule has 0 unspecified atom stereocenters. The van der Waals surface area contributed by atoms with Gasteiger partial charge in [-0.1, -0.05) is 50.0 Å². The Morgan fingerprint density at radius 2 is 1.83 bits per heavy atom. The third kappa shape index (κ3) is 6.68. The zero-order valence-corrected chi connectivity index (χ0v) is 24.1. The van der Waals surface area contributed by atoms with Crippen molar-refractivity contribution in [3.8, 4) is 0 Å². The highest BCUT2D eigenvalue weighted by atomic mass is 28.3. The van der Waals surface area contributed by atoms with E-state index < -0.39 is 55.3 Å². The van der Waals surface area contributed by atoms with Gasteiger partial charge in [0, 0.05) is 21.0 Å². The van der Waals surface area contributed by atoms with E-state index in [1.54, 1.807) is 4.90 Å². The van der Waals surface area contributed by atoms with Gasteiger partial charge >= 0.3 is 12.1 Å². The van der Waals surface area contributed by atoms with Crippen LogP contribution >= 0.6 is 0 Å². The third-order valence-electron chi connectivity index (χ3n) is 6.70. The van der Waals surface area contributed by atoms with Crippen molar-refractivity contribution in [2.75, 3.05) is 13.2 Å². The van der Waals surface area contributed by atoms with Crippen molar-refractivity contribution in [2.45, 2.75) is 108 Å². The number of esters is 1. The van der Waals surface area contributed by atoms with Gasteiger partial charge in [0.25, 0.3) is 0 Å². The number of β-amino-alcohol motifs (C(OH)–C–C–N with tert-alkyl or cyclic N) is 1. The van der Waals surface area contributed by atoms with Gasteiger partial charge in [0.1, 0.15) is 23.0 Å². The lowest BCUT2D eigenvalue weighted by Gasteiger charge is -2.38. The molecule has 1 aromatic carbocycles. The monoisotopic (exact) mass is 520 g/mol. The Balaban J connectivity index is 2.00. The summed E-state index contributed by atoms with van der Waals surface area (Å²) in [6, 6.07) is 10.2. The molecule has 9 heteroatoms. The molecule has 36 heavy (non-hydrogen) atoms. The molecular formula is C27H44N2O6Si. The van der Waals surface area contributed by atoms with Gasteiger partial charge in [-0.3, -0.25) is 10.2 Å². The van der Waals surface area contributed by atoms with Crippen LogP contribution in [0, 0.1) is 0 Å². The van der Waals surface area contributed by atoms with E-state index in [2.05, 4.69) is 25.0 Å². The number of nitrogens with zero attached hydrogens (tertiary/aromatic N) is 1. The van der Waals surface area contributed by atoms with Gasteiger partial charge < -0.3 is 19.3 Å². The zero-order valence-electron chi connectivity index (χ0n) is 23.1. The SMILES string of the molecule is CC(C)(C)OC(=O)[C@]1([C@@H]2OC(C)(C)N(C(=O)OCC[Si](C)(C)C)[C@H]2Cc2ccccc2)C[C@@H](O)CN1. The average molecular weight is 521 g/mol. The van der Waals surface area contributed by atoms with Crippen molar-refractivity contribution in [1.82, 2.24) is 10.2 Å². The Kier molecular flexibility index (Phi) is 8.30. The first-order chi connectivity index (χ1) is 16.5. The summed E-state index contributed by atoms with van der Waals surface area (Å²) in [4.78, 5) is 28.8. The quantitative estimate of drug-likeness (QED) is 0.415. The maximum Gasteiger partial charge on any atom is 0.412 e. The molecular weight excluding hydrogens is 476 g/mol. The van der Waals surface area contributed by atoms with E-state index >= 15 is 0 Å². The van der Waals surface area contributed by atoms with Crippen LogP contribution in [-0.2, 0) is 25.4 Å². The predicted molar refractivity (Wildman–Crippen MR) is 141 cm³/mol. The highest BCUT2D eigenvalue weighted by molar-refractivity contribution is 6.76. The second kappa shape index (κ2) is 10.4. The summed E-state index contributed by atoms with van der Waals surface area (Å²) in [5.74, 6) is -0.487. The molecule has 0 aliphatic carbocycles. The van der Waals surface area contributed by atoms with Crippen molar-refractivity contribution in [2.24, 2.45) is 0 Å². The van der Waals surface area contributed by atoms with Crippen LogP contribution in [0.3, 0.4) is 0 Å². The molecule has 8 nitrogen and oxygen atoms in total. The first-order valence-corrected chi connectivity index (χ1v) is 16.6. The molecule has 2 fully saturated rings. The molecule has 0 radical (unpaired) electrons. The molecule has 2 aliphatic heterocycles. The lowest BCUT2D eigenvalue weighted by atomic mass is 9.83. The maximum absolute atomic E-state index is 13.7.